The summed E-state index contributed by atoms with van der Waals surface area (Å²) in [5, 5.41) is -0.380. The topological polar surface area (TPSA) is 53.5 Å². The monoisotopic (exact) mass is 616 g/mol. The molecule has 2 aromatic heterocycles. The molecule has 224 valence electrons. The van der Waals surface area contributed by atoms with Gasteiger partial charge in [0.1, 0.15) is 0 Å². The number of hydrogen-bond donors (Lipinski definition) is 0. The fourth-order valence-electron chi connectivity index (χ4n) is 6.42. The van der Waals surface area contributed by atoms with Crippen molar-refractivity contribution >= 4 is 23.2 Å². The Morgan fingerprint density at radius 2 is 1.02 bits per heavy atom. The Morgan fingerprint density at radius 1 is 0.628 bits per heavy atom. The number of aromatic nitrogens is 2. The first-order valence-electron chi connectivity index (χ1n) is 15.1. The van der Waals surface area contributed by atoms with Crippen LogP contribution in [0.3, 0.4) is 0 Å². The molecule has 4 heterocycles. The Labute approximate surface area is 264 Å². The van der Waals surface area contributed by atoms with Gasteiger partial charge in [-0.2, -0.15) is 0 Å². The van der Waals surface area contributed by atoms with Gasteiger partial charge >= 0.3 is 0 Å². The average molecular weight is 618 g/mol. The molecular weight excluding hydrogens is 579 g/mol. The van der Waals surface area contributed by atoms with Gasteiger partial charge in [-0.05, 0) is 60.1 Å². The number of hydrogen-bond acceptors (Lipinski definition) is 5. The van der Waals surface area contributed by atoms with Crippen molar-refractivity contribution in [1.29, 1.82) is 0 Å². The van der Waals surface area contributed by atoms with Gasteiger partial charge in [0.25, 0.3) is 0 Å². The summed E-state index contributed by atoms with van der Waals surface area (Å²) in [6, 6.07) is 20.9. The smallest absolute Gasteiger partial charge is 0.0743 e. The van der Waals surface area contributed by atoms with Gasteiger partial charge in [-0.15, -0.1) is 23.2 Å². The summed E-state index contributed by atoms with van der Waals surface area (Å²) < 4.78 is 17.8. The number of rotatable bonds is 12. The summed E-state index contributed by atoms with van der Waals surface area (Å²) >= 11 is 14.0. The van der Waals surface area contributed by atoms with Crippen LogP contribution in [0, 0.1) is 13.8 Å². The van der Waals surface area contributed by atoms with Crippen LogP contribution in [0.4, 0.5) is 0 Å². The maximum atomic E-state index is 6.98. The van der Waals surface area contributed by atoms with Crippen molar-refractivity contribution < 1.29 is 14.2 Å². The molecule has 0 aliphatic carbocycles. The molecule has 2 unspecified atom stereocenters. The van der Waals surface area contributed by atoms with E-state index in [0.717, 1.165) is 46.7 Å². The first-order chi connectivity index (χ1) is 21.0. The molecule has 0 spiro atoms. The van der Waals surface area contributed by atoms with E-state index < -0.39 is 0 Å². The number of halogens is 2. The first-order valence-corrected chi connectivity index (χ1v) is 16.0. The molecule has 5 nitrogen and oxygen atoms in total. The molecule has 6 rings (SSSR count). The van der Waals surface area contributed by atoms with E-state index in [1.807, 2.05) is 12.1 Å². The number of nitrogens with zero attached hydrogens (tertiary/aromatic N) is 2. The van der Waals surface area contributed by atoms with Crippen LogP contribution in [-0.2, 0) is 53.5 Å². The van der Waals surface area contributed by atoms with Crippen LogP contribution >= 0.6 is 23.2 Å². The fraction of sp³-hybridized carbons (Fsp3) is 0.389. The van der Waals surface area contributed by atoms with Crippen molar-refractivity contribution in [1.82, 2.24) is 9.97 Å². The minimum Gasteiger partial charge on any atom is -0.381 e. The average Bonchev–Trinajstić information content (AvgIpc) is 3.69. The van der Waals surface area contributed by atoms with Crippen molar-refractivity contribution in [2.24, 2.45) is 0 Å². The van der Waals surface area contributed by atoms with Gasteiger partial charge in [0.2, 0.25) is 0 Å². The maximum Gasteiger partial charge on any atom is 0.0743 e. The summed E-state index contributed by atoms with van der Waals surface area (Å²) in [5.41, 5.74) is 13.6. The Kier molecular flexibility index (Phi) is 9.76. The lowest BCUT2D eigenvalue weighted by Gasteiger charge is -2.20. The Morgan fingerprint density at radius 3 is 1.44 bits per heavy atom. The third kappa shape index (κ3) is 6.82. The molecule has 0 fully saturated rings. The molecule has 2 aromatic carbocycles. The molecule has 0 radical (unpaired) electrons. The third-order valence-electron chi connectivity index (χ3n) is 8.53. The lowest BCUT2D eigenvalue weighted by molar-refractivity contribution is 0.126. The van der Waals surface area contributed by atoms with Gasteiger partial charge in [0, 0.05) is 48.6 Å². The molecule has 2 aliphatic heterocycles. The van der Waals surface area contributed by atoms with E-state index in [0.29, 0.717) is 52.5 Å². The van der Waals surface area contributed by atoms with E-state index in [-0.39, 0.29) is 10.8 Å². The molecule has 0 saturated heterocycles. The molecule has 4 aromatic rings. The molecule has 7 heteroatoms. The van der Waals surface area contributed by atoms with E-state index in [9.17, 15) is 0 Å². The number of alkyl halides is 2. The van der Waals surface area contributed by atoms with Crippen LogP contribution in [0.15, 0.2) is 60.7 Å². The van der Waals surface area contributed by atoms with E-state index in [1.165, 1.54) is 33.4 Å². The summed E-state index contributed by atoms with van der Waals surface area (Å²) in [6.45, 7) is 7.55. The lowest BCUT2D eigenvalue weighted by Crippen LogP contribution is -2.11. The second-order valence-corrected chi connectivity index (χ2v) is 12.5. The molecule has 2 aliphatic rings. The van der Waals surface area contributed by atoms with Crippen molar-refractivity contribution in [2.75, 3.05) is 13.2 Å². The predicted molar refractivity (Wildman–Crippen MR) is 171 cm³/mol. The number of fused-ring (bicyclic) bond motifs is 2. The lowest BCUT2D eigenvalue weighted by atomic mass is 9.94. The zero-order valence-electron chi connectivity index (χ0n) is 24.9. The number of ether oxygens (including phenoxy) is 3. The van der Waals surface area contributed by atoms with Crippen LogP contribution < -0.4 is 0 Å². The Balaban J connectivity index is 1.05. The zero-order valence-corrected chi connectivity index (χ0v) is 26.4. The molecule has 43 heavy (non-hydrogen) atoms. The zero-order chi connectivity index (χ0) is 29.8. The largest absolute Gasteiger partial charge is 0.381 e. The summed E-state index contributed by atoms with van der Waals surface area (Å²) in [7, 11) is 0. The van der Waals surface area contributed by atoms with E-state index in [4.69, 9.17) is 47.4 Å². The summed E-state index contributed by atoms with van der Waals surface area (Å²) in [4.78, 5) is 9.98. The van der Waals surface area contributed by atoms with Gasteiger partial charge in [-0.3, -0.25) is 9.97 Å². The Bertz CT molecular complexity index is 1450. The molecule has 0 amide bonds. The predicted octanol–water partition coefficient (Wildman–Crippen LogP) is 8.39. The highest BCUT2D eigenvalue weighted by atomic mass is 35.5. The van der Waals surface area contributed by atoms with E-state index >= 15 is 0 Å². The Hall–Kier alpha value is -2.80. The minimum atomic E-state index is -0.190. The van der Waals surface area contributed by atoms with Crippen molar-refractivity contribution in [3.63, 3.8) is 0 Å². The van der Waals surface area contributed by atoms with E-state index in [1.54, 1.807) is 0 Å². The second kappa shape index (κ2) is 13.9. The number of pyridine rings is 2. The molecule has 2 atom stereocenters. The van der Waals surface area contributed by atoms with Gasteiger partial charge in [-0.1, -0.05) is 60.7 Å². The van der Waals surface area contributed by atoms with Crippen molar-refractivity contribution in [3.8, 4) is 0 Å². The standard InChI is InChI=1S/C36H38Cl2N2O3/c1-23-35(29-21-42-19-27(29)33(39-23)17-25-9-5-3-6-10-25)31(37)13-15-41-16-14-32(38)36-24(2)40-34(28-20-43-22-30(28)36)18-26-11-7-4-8-12-26/h3-12,31-32H,13-22H2,1-2H3. The fourth-order valence-corrected chi connectivity index (χ4v) is 7.18. The highest BCUT2D eigenvalue weighted by Crippen LogP contribution is 2.38. The highest BCUT2D eigenvalue weighted by Gasteiger charge is 2.28. The van der Waals surface area contributed by atoms with Crippen LogP contribution in [-0.4, -0.2) is 23.2 Å². The summed E-state index contributed by atoms with van der Waals surface area (Å²) in [6.07, 6.45) is 2.98. The molecule has 0 N–H and O–H groups in total. The van der Waals surface area contributed by atoms with Gasteiger partial charge in [0.15, 0.2) is 0 Å². The normalized spacial score (nSPS) is 15.3. The van der Waals surface area contributed by atoms with Crippen LogP contribution in [0.5, 0.6) is 0 Å². The molecule has 0 saturated carbocycles. The van der Waals surface area contributed by atoms with Crippen molar-refractivity contribution in [2.45, 2.75) is 76.7 Å². The van der Waals surface area contributed by atoms with Crippen molar-refractivity contribution in [3.05, 3.63) is 128 Å². The summed E-state index contributed by atoms with van der Waals surface area (Å²) in [5.74, 6) is 0. The third-order valence-corrected chi connectivity index (χ3v) is 9.41. The van der Waals surface area contributed by atoms with Gasteiger partial charge in [-0.25, -0.2) is 0 Å². The quantitative estimate of drug-likeness (QED) is 0.118. The second-order valence-electron chi connectivity index (χ2n) is 11.5. The van der Waals surface area contributed by atoms with E-state index in [2.05, 4.69) is 62.4 Å². The number of benzene rings is 2. The minimum absolute atomic E-state index is 0.190. The SMILES string of the molecule is Cc1nc(Cc2ccccc2)c2c(c1C(Cl)CCOCCC(Cl)c1c(C)nc(Cc3ccccc3)c3c1COC3)COC2. The first kappa shape index (κ1) is 30.2. The van der Waals surface area contributed by atoms with Gasteiger partial charge in [0.05, 0.1) is 48.6 Å². The molecule has 0 bridgehead atoms. The van der Waals surface area contributed by atoms with Crippen LogP contribution in [0.2, 0.25) is 0 Å². The van der Waals surface area contributed by atoms with Crippen LogP contribution in [0.1, 0.15) is 90.9 Å². The molecular formula is C36H38Cl2N2O3. The van der Waals surface area contributed by atoms with Crippen LogP contribution in [0.25, 0.3) is 0 Å². The maximum absolute atomic E-state index is 6.98. The van der Waals surface area contributed by atoms with Gasteiger partial charge < -0.3 is 14.2 Å². The number of aryl methyl sites for hydroxylation is 2. The highest BCUT2D eigenvalue weighted by molar-refractivity contribution is 6.21.